The quantitative estimate of drug-likeness (QED) is 0.517. The number of thioether (sulfide) groups is 1. The van der Waals surface area contributed by atoms with E-state index < -0.39 is 0 Å². The van der Waals surface area contributed by atoms with Gasteiger partial charge in [-0.3, -0.25) is 4.79 Å². The van der Waals surface area contributed by atoms with Gasteiger partial charge in [0.2, 0.25) is 0 Å². The van der Waals surface area contributed by atoms with Gasteiger partial charge in [-0.25, -0.2) is 0 Å². The van der Waals surface area contributed by atoms with Gasteiger partial charge in [-0.2, -0.15) is 0 Å². The summed E-state index contributed by atoms with van der Waals surface area (Å²) in [4.78, 5) is 10.7. The van der Waals surface area contributed by atoms with Crippen molar-refractivity contribution in [2.45, 2.75) is 26.7 Å². The Morgan fingerprint density at radius 2 is 2.22 bits per heavy atom. The Morgan fingerprint density at radius 3 is 2.56 bits per heavy atom. The second kappa shape index (κ2) is 2.33. The average molecular weight is 144 g/mol. The summed E-state index contributed by atoms with van der Waals surface area (Å²) in [5.41, 5.74) is 0.401. The van der Waals surface area contributed by atoms with Crippen LogP contribution in [0.1, 0.15) is 26.7 Å². The summed E-state index contributed by atoms with van der Waals surface area (Å²) in [7, 11) is 0. The predicted octanol–water partition coefficient (Wildman–Crippen LogP) is 2.07. The zero-order valence-electron chi connectivity index (χ0n) is 5.94. The van der Waals surface area contributed by atoms with Gasteiger partial charge in [-0.1, -0.05) is 25.6 Å². The molecule has 1 fully saturated rings. The van der Waals surface area contributed by atoms with Crippen LogP contribution in [0.25, 0.3) is 0 Å². The molecule has 1 rings (SSSR count). The van der Waals surface area contributed by atoms with Crippen LogP contribution in [0, 0.1) is 5.41 Å². The summed E-state index contributed by atoms with van der Waals surface area (Å²) in [5, 5.41) is 0.370. The number of rotatable bonds is 0. The molecule has 0 amide bonds. The minimum absolute atomic E-state index is 0.370. The van der Waals surface area contributed by atoms with Crippen molar-refractivity contribution in [1.82, 2.24) is 0 Å². The number of hydrogen-bond donors (Lipinski definition) is 0. The minimum atomic E-state index is 0.370. The Balaban J connectivity index is 2.44. The van der Waals surface area contributed by atoms with E-state index in [0.29, 0.717) is 10.5 Å². The van der Waals surface area contributed by atoms with E-state index >= 15 is 0 Å². The molecule has 0 aromatic heterocycles. The number of hydrogen-bond acceptors (Lipinski definition) is 2. The molecule has 0 saturated carbocycles. The smallest absolute Gasteiger partial charge is 0.188 e. The van der Waals surface area contributed by atoms with Crippen LogP contribution in [0.3, 0.4) is 0 Å². The van der Waals surface area contributed by atoms with E-state index in [9.17, 15) is 4.79 Å². The molecule has 0 aromatic carbocycles. The highest BCUT2D eigenvalue weighted by Gasteiger charge is 2.25. The van der Waals surface area contributed by atoms with E-state index in [2.05, 4.69) is 13.8 Å². The van der Waals surface area contributed by atoms with Crippen molar-refractivity contribution in [3.05, 3.63) is 0 Å². The predicted molar refractivity (Wildman–Crippen MR) is 40.5 cm³/mol. The second-order valence-corrected chi connectivity index (χ2v) is 4.36. The molecule has 9 heavy (non-hydrogen) atoms. The van der Waals surface area contributed by atoms with Crippen LogP contribution in [0.15, 0.2) is 0 Å². The summed E-state index contributed by atoms with van der Waals surface area (Å²) in [6, 6.07) is 0. The highest BCUT2D eigenvalue weighted by Crippen LogP contribution is 2.33. The fourth-order valence-corrected chi connectivity index (χ4v) is 1.80. The van der Waals surface area contributed by atoms with Crippen molar-refractivity contribution in [2.24, 2.45) is 5.41 Å². The molecule has 2 heteroatoms. The van der Waals surface area contributed by atoms with Gasteiger partial charge in [-0.15, -0.1) is 0 Å². The Kier molecular flexibility index (Phi) is 1.85. The van der Waals surface area contributed by atoms with Crippen LogP contribution in [0.5, 0.6) is 0 Å². The van der Waals surface area contributed by atoms with Crippen LogP contribution in [0.4, 0.5) is 0 Å². The first-order valence-corrected chi connectivity index (χ1v) is 4.24. The van der Waals surface area contributed by atoms with Gasteiger partial charge in [0.1, 0.15) is 0 Å². The maximum Gasteiger partial charge on any atom is 0.188 e. The molecule has 1 aliphatic heterocycles. The molecule has 0 aromatic rings. The average Bonchev–Trinajstić information content (AvgIpc) is 1.78. The molecule has 1 nitrogen and oxygen atoms in total. The van der Waals surface area contributed by atoms with Crippen LogP contribution in [-0.2, 0) is 4.79 Å². The summed E-state index contributed by atoms with van der Waals surface area (Å²) in [6.07, 6.45) is 1.84. The summed E-state index contributed by atoms with van der Waals surface area (Å²) in [5.74, 6) is 1.01. The maximum atomic E-state index is 10.7. The maximum absolute atomic E-state index is 10.7. The van der Waals surface area contributed by atoms with Gasteiger partial charge in [0.05, 0.1) is 0 Å². The Labute approximate surface area is 60.2 Å². The monoisotopic (exact) mass is 144 g/mol. The van der Waals surface area contributed by atoms with Crippen LogP contribution in [0.2, 0.25) is 0 Å². The van der Waals surface area contributed by atoms with Crippen molar-refractivity contribution in [1.29, 1.82) is 0 Å². The van der Waals surface area contributed by atoms with Gasteiger partial charge in [-0.05, 0) is 11.8 Å². The van der Waals surface area contributed by atoms with Gasteiger partial charge in [0, 0.05) is 12.2 Å². The summed E-state index contributed by atoms with van der Waals surface area (Å²) in [6.45, 7) is 4.43. The van der Waals surface area contributed by atoms with Gasteiger partial charge < -0.3 is 0 Å². The molecule has 0 atom stereocenters. The minimum Gasteiger partial charge on any atom is -0.287 e. The SMILES string of the molecule is CC1(C)CCC(=O)SC1. The number of carbonyl (C=O) groups is 1. The lowest BCUT2D eigenvalue weighted by Gasteiger charge is -2.27. The first-order valence-electron chi connectivity index (χ1n) is 3.26. The van der Waals surface area contributed by atoms with Crippen LogP contribution >= 0.6 is 11.8 Å². The third kappa shape index (κ3) is 2.01. The molecule has 0 radical (unpaired) electrons. The van der Waals surface area contributed by atoms with Crippen molar-refractivity contribution >= 4 is 16.9 Å². The third-order valence-corrected chi connectivity index (χ3v) is 3.08. The van der Waals surface area contributed by atoms with Gasteiger partial charge in [0.15, 0.2) is 5.12 Å². The number of carbonyl (C=O) groups excluding carboxylic acids is 1. The highest BCUT2D eigenvalue weighted by molar-refractivity contribution is 8.13. The molecule has 0 bridgehead atoms. The Bertz CT molecular complexity index is 117. The second-order valence-electron chi connectivity index (χ2n) is 3.32. The lowest BCUT2D eigenvalue weighted by Crippen LogP contribution is -2.21. The fraction of sp³-hybridized carbons (Fsp3) is 0.857. The van der Waals surface area contributed by atoms with E-state index in [4.69, 9.17) is 0 Å². The van der Waals surface area contributed by atoms with Gasteiger partial charge >= 0.3 is 0 Å². The zero-order valence-corrected chi connectivity index (χ0v) is 6.75. The van der Waals surface area contributed by atoms with E-state index in [1.54, 1.807) is 0 Å². The molecule has 0 unspecified atom stereocenters. The first-order chi connectivity index (χ1) is 4.10. The van der Waals surface area contributed by atoms with E-state index in [0.717, 1.165) is 18.6 Å². The van der Waals surface area contributed by atoms with Crippen LogP contribution < -0.4 is 0 Å². The molecule has 1 aliphatic rings. The molecular formula is C7H12OS. The standard InChI is InChI=1S/C7H12OS/c1-7(2)4-3-6(8)9-5-7/h3-5H2,1-2H3. The molecule has 0 spiro atoms. The van der Waals surface area contributed by atoms with E-state index in [1.165, 1.54) is 11.8 Å². The Morgan fingerprint density at radius 1 is 1.56 bits per heavy atom. The lowest BCUT2D eigenvalue weighted by atomic mass is 9.90. The normalized spacial score (nSPS) is 26.2. The molecule has 52 valence electrons. The van der Waals surface area contributed by atoms with Crippen LogP contribution in [-0.4, -0.2) is 10.9 Å². The van der Waals surface area contributed by atoms with Gasteiger partial charge in [0.25, 0.3) is 0 Å². The molecule has 1 heterocycles. The van der Waals surface area contributed by atoms with Crippen molar-refractivity contribution in [3.8, 4) is 0 Å². The molecular weight excluding hydrogens is 132 g/mol. The zero-order chi connectivity index (χ0) is 6.91. The topological polar surface area (TPSA) is 17.1 Å². The van der Waals surface area contributed by atoms with E-state index in [-0.39, 0.29) is 0 Å². The summed E-state index contributed by atoms with van der Waals surface area (Å²) >= 11 is 1.49. The van der Waals surface area contributed by atoms with Crippen molar-refractivity contribution in [3.63, 3.8) is 0 Å². The Hall–Kier alpha value is 0.0200. The molecule has 1 saturated heterocycles. The third-order valence-electron chi connectivity index (χ3n) is 1.63. The molecule has 0 N–H and O–H groups in total. The highest BCUT2D eigenvalue weighted by atomic mass is 32.2. The van der Waals surface area contributed by atoms with E-state index in [1.807, 2.05) is 0 Å². The summed E-state index contributed by atoms with van der Waals surface area (Å²) < 4.78 is 0. The molecule has 0 aliphatic carbocycles. The lowest BCUT2D eigenvalue weighted by molar-refractivity contribution is -0.111. The fourth-order valence-electron chi connectivity index (χ4n) is 0.861. The first kappa shape index (κ1) is 7.13. The van der Waals surface area contributed by atoms with Crippen molar-refractivity contribution < 1.29 is 4.79 Å². The van der Waals surface area contributed by atoms with Crippen molar-refractivity contribution in [2.75, 3.05) is 5.75 Å². The largest absolute Gasteiger partial charge is 0.287 e.